The number of nitrogens with zero attached hydrogens (tertiary/aromatic N) is 3. The SMILES string of the molecule is NC1=N[C@](F)(c2cc(NC(=O)c3cc4cncnc4[nH]3)ccc2F)COC1. The summed E-state index contributed by atoms with van der Waals surface area (Å²) in [4.78, 5) is 26.9. The predicted molar refractivity (Wildman–Crippen MR) is 93.5 cm³/mol. The first-order valence-corrected chi connectivity index (χ1v) is 7.95. The highest BCUT2D eigenvalue weighted by Gasteiger charge is 2.37. The smallest absolute Gasteiger partial charge is 0.272 e. The number of aromatic amines is 1. The number of carbonyl (C=O) groups excluding carboxylic acids is 1. The number of fused-ring (bicyclic) bond motifs is 1. The Kier molecular flexibility index (Phi) is 4.04. The summed E-state index contributed by atoms with van der Waals surface area (Å²) >= 11 is 0. The molecule has 0 fully saturated rings. The molecule has 10 heteroatoms. The molecule has 2 aromatic heterocycles. The number of rotatable bonds is 3. The van der Waals surface area contributed by atoms with E-state index in [0.29, 0.717) is 11.0 Å². The molecule has 4 rings (SSSR count). The largest absolute Gasteiger partial charge is 0.385 e. The summed E-state index contributed by atoms with van der Waals surface area (Å²) in [6.45, 7) is -0.490. The van der Waals surface area contributed by atoms with E-state index in [2.05, 4.69) is 25.3 Å². The first kappa shape index (κ1) is 17.0. The van der Waals surface area contributed by atoms with Crippen LogP contribution in [0.2, 0.25) is 0 Å². The molecular weight excluding hydrogens is 358 g/mol. The van der Waals surface area contributed by atoms with Gasteiger partial charge in [-0.15, -0.1) is 0 Å². The molecule has 3 aromatic rings. The Morgan fingerprint density at radius 3 is 3.00 bits per heavy atom. The maximum atomic E-state index is 15.0. The van der Waals surface area contributed by atoms with Crippen molar-refractivity contribution in [1.82, 2.24) is 15.0 Å². The number of benzene rings is 1. The van der Waals surface area contributed by atoms with Gasteiger partial charge in [-0.2, -0.15) is 0 Å². The van der Waals surface area contributed by atoms with E-state index in [9.17, 15) is 9.18 Å². The lowest BCUT2D eigenvalue weighted by Gasteiger charge is -2.26. The van der Waals surface area contributed by atoms with Gasteiger partial charge in [0, 0.05) is 17.3 Å². The summed E-state index contributed by atoms with van der Waals surface area (Å²) in [6.07, 6.45) is 2.91. The van der Waals surface area contributed by atoms with E-state index < -0.39 is 24.1 Å². The molecule has 0 saturated heterocycles. The number of carbonyl (C=O) groups is 1. The third-order valence-corrected chi connectivity index (χ3v) is 4.04. The van der Waals surface area contributed by atoms with Crippen molar-refractivity contribution in [2.75, 3.05) is 18.5 Å². The fourth-order valence-corrected chi connectivity index (χ4v) is 2.81. The monoisotopic (exact) mass is 372 g/mol. The van der Waals surface area contributed by atoms with Crippen molar-refractivity contribution in [3.05, 3.63) is 53.9 Å². The highest BCUT2D eigenvalue weighted by molar-refractivity contribution is 6.05. The highest BCUT2D eigenvalue weighted by Crippen LogP contribution is 2.34. The van der Waals surface area contributed by atoms with Crippen LogP contribution in [0.1, 0.15) is 16.1 Å². The Bertz CT molecular complexity index is 1030. The summed E-state index contributed by atoms with van der Waals surface area (Å²) in [7, 11) is 0. The molecule has 1 aliphatic heterocycles. The van der Waals surface area contributed by atoms with E-state index in [1.165, 1.54) is 18.5 Å². The van der Waals surface area contributed by atoms with Crippen molar-refractivity contribution in [3.63, 3.8) is 0 Å². The average Bonchev–Trinajstić information content (AvgIpc) is 3.07. The van der Waals surface area contributed by atoms with Crippen LogP contribution in [-0.2, 0) is 10.5 Å². The Labute approximate surface area is 151 Å². The number of alkyl halides is 1. The summed E-state index contributed by atoms with van der Waals surface area (Å²) in [5.74, 6) is -3.85. The van der Waals surface area contributed by atoms with Crippen LogP contribution in [0, 0.1) is 5.82 Å². The van der Waals surface area contributed by atoms with Gasteiger partial charge in [0.25, 0.3) is 11.7 Å². The zero-order valence-corrected chi connectivity index (χ0v) is 13.9. The number of anilines is 1. The van der Waals surface area contributed by atoms with Gasteiger partial charge in [-0.25, -0.2) is 23.7 Å². The molecule has 0 saturated carbocycles. The number of aromatic nitrogens is 3. The molecule has 1 amide bonds. The number of nitrogens with two attached hydrogens (primary N) is 1. The van der Waals surface area contributed by atoms with Crippen molar-refractivity contribution >= 4 is 28.5 Å². The van der Waals surface area contributed by atoms with Crippen LogP contribution < -0.4 is 11.1 Å². The number of ether oxygens (including phenoxy) is 1. The van der Waals surface area contributed by atoms with Crippen molar-refractivity contribution < 1.29 is 18.3 Å². The summed E-state index contributed by atoms with van der Waals surface area (Å²) < 4.78 is 34.2. The standard InChI is InChI=1S/C17H14F2N6O2/c18-12-2-1-10(4-11(12)17(19)7-27-6-14(20)25-17)23-16(26)13-3-9-5-21-8-22-15(9)24-13/h1-5,8H,6-7H2,(H2,20,25)(H,23,26)(H,21,22,24)/t17-/m0/s1. The maximum Gasteiger partial charge on any atom is 0.272 e. The normalized spacial score (nSPS) is 19.7. The van der Waals surface area contributed by atoms with Crippen LogP contribution in [-0.4, -0.2) is 39.9 Å². The van der Waals surface area contributed by atoms with E-state index in [1.54, 1.807) is 12.3 Å². The van der Waals surface area contributed by atoms with E-state index in [-0.39, 0.29) is 29.4 Å². The van der Waals surface area contributed by atoms with Crippen LogP contribution >= 0.6 is 0 Å². The summed E-state index contributed by atoms with van der Waals surface area (Å²) in [6, 6.07) is 5.11. The predicted octanol–water partition coefficient (Wildman–Crippen LogP) is 1.86. The molecule has 27 heavy (non-hydrogen) atoms. The number of amides is 1. The minimum absolute atomic E-state index is 0.0208. The van der Waals surface area contributed by atoms with Gasteiger partial charge in [-0.3, -0.25) is 4.79 Å². The maximum absolute atomic E-state index is 15.0. The molecule has 4 N–H and O–H groups in total. The molecular formula is C17H14F2N6O2. The van der Waals surface area contributed by atoms with Gasteiger partial charge in [0.15, 0.2) is 0 Å². The number of amidine groups is 1. The minimum Gasteiger partial charge on any atom is -0.385 e. The molecule has 3 heterocycles. The molecule has 1 aromatic carbocycles. The van der Waals surface area contributed by atoms with E-state index in [0.717, 1.165) is 6.07 Å². The molecule has 0 aliphatic carbocycles. The second kappa shape index (κ2) is 6.40. The minimum atomic E-state index is -2.45. The van der Waals surface area contributed by atoms with Crippen LogP contribution in [0.5, 0.6) is 0 Å². The van der Waals surface area contributed by atoms with Gasteiger partial charge in [0.1, 0.15) is 42.5 Å². The molecule has 1 atom stereocenters. The first-order chi connectivity index (χ1) is 12.9. The quantitative estimate of drug-likeness (QED) is 0.607. The lowest BCUT2D eigenvalue weighted by Crippen LogP contribution is -2.37. The van der Waals surface area contributed by atoms with Crippen molar-refractivity contribution in [2.45, 2.75) is 5.79 Å². The van der Waals surface area contributed by atoms with Crippen molar-refractivity contribution in [3.8, 4) is 0 Å². The van der Waals surface area contributed by atoms with Crippen LogP contribution in [0.15, 0.2) is 41.8 Å². The van der Waals surface area contributed by atoms with Crippen molar-refractivity contribution in [1.29, 1.82) is 0 Å². The first-order valence-electron chi connectivity index (χ1n) is 7.95. The van der Waals surface area contributed by atoms with Crippen LogP contribution in [0.25, 0.3) is 11.0 Å². The molecule has 0 bridgehead atoms. The average molecular weight is 372 g/mol. The molecule has 138 valence electrons. The van der Waals surface area contributed by atoms with Gasteiger partial charge in [0.05, 0.1) is 5.56 Å². The number of halogens is 2. The Morgan fingerprint density at radius 1 is 1.37 bits per heavy atom. The van der Waals surface area contributed by atoms with E-state index in [4.69, 9.17) is 10.5 Å². The summed E-state index contributed by atoms with van der Waals surface area (Å²) in [5, 5.41) is 3.24. The third-order valence-electron chi connectivity index (χ3n) is 4.04. The fraction of sp³-hybridized carbons (Fsp3) is 0.176. The Hall–Kier alpha value is -3.40. The number of hydrogen-bond acceptors (Lipinski definition) is 6. The second-order valence-corrected chi connectivity index (χ2v) is 6.01. The molecule has 8 nitrogen and oxygen atoms in total. The number of nitrogens with one attached hydrogen (secondary N) is 2. The third kappa shape index (κ3) is 3.22. The number of hydrogen-bond donors (Lipinski definition) is 3. The fourth-order valence-electron chi connectivity index (χ4n) is 2.81. The van der Waals surface area contributed by atoms with Gasteiger partial charge < -0.3 is 20.8 Å². The topological polar surface area (TPSA) is 118 Å². The van der Waals surface area contributed by atoms with Crippen LogP contribution in [0.4, 0.5) is 14.5 Å². The molecule has 0 unspecified atom stereocenters. The second-order valence-electron chi connectivity index (χ2n) is 6.01. The van der Waals surface area contributed by atoms with E-state index in [1.807, 2.05) is 0 Å². The van der Waals surface area contributed by atoms with Gasteiger partial charge in [-0.05, 0) is 24.3 Å². The highest BCUT2D eigenvalue weighted by atomic mass is 19.2. The van der Waals surface area contributed by atoms with Gasteiger partial charge in [0.2, 0.25) is 0 Å². The lowest BCUT2D eigenvalue weighted by atomic mass is 10.0. The van der Waals surface area contributed by atoms with Gasteiger partial charge in [-0.1, -0.05) is 0 Å². The van der Waals surface area contributed by atoms with Crippen molar-refractivity contribution in [2.24, 2.45) is 10.7 Å². The zero-order valence-electron chi connectivity index (χ0n) is 13.9. The summed E-state index contributed by atoms with van der Waals surface area (Å²) in [5.41, 5.74) is 6.06. The van der Waals surface area contributed by atoms with Gasteiger partial charge >= 0.3 is 0 Å². The van der Waals surface area contributed by atoms with E-state index >= 15 is 4.39 Å². The molecule has 1 aliphatic rings. The zero-order chi connectivity index (χ0) is 19.0. The van der Waals surface area contributed by atoms with Crippen LogP contribution in [0.3, 0.4) is 0 Å². The number of aliphatic imine (C=N–C) groups is 1. The Balaban J connectivity index is 1.63. The Morgan fingerprint density at radius 2 is 2.22 bits per heavy atom. The molecule has 0 radical (unpaired) electrons. The lowest BCUT2D eigenvalue weighted by molar-refractivity contribution is 0.0170. The molecule has 0 spiro atoms. The number of H-pyrrole nitrogens is 1.